The third kappa shape index (κ3) is 4.61. The Kier molecular flexibility index (Phi) is 5.35. The Hall–Kier alpha value is -2.33. The highest BCUT2D eigenvalue weighted by molar-refractivity contribution is 5.78. The molecule has 2 aromatic rings. The van der Waals surface area contributed by atoms with Crippen LogP contribution >= 0.6 is 0 Å². The fourth-order valence-corrected chi connectivity index (χ4v) is 1.99. The highest BCUT2D eigenvalue weighted by Gasteiger charge is 2.04. The van der Waals surface area contributed by atoms with Gasteiger partial charge >= 0.3 is 0 Å². The van der Waals surface area contributed by atoms with Gasteiger partial charge in [0.15, 0.2) is 0 Å². The zero-order chi connectivity index (χ0) is 15.1. The fourth-order valence-electron chi connectivity index (χ4n) is 1.99. The first-order valence-electron chi connectivity index (χ1n) is 6.79. The Balaban J connectivity index is 1.86. The average Bonchev–Trinajstić information content (AvgIpc) is 2.53. The van der Waals surface area contributed by atoms with Crippen LogP contribution < -0.4 is 10.1 Å². The summed E-state index contributed by atoms with van der Waals surface area (Å²) in [5.74, 6) is 0.717. The molecule has 0 unspecified atom stereocenters. The minimum absolute atomic E-state index is 0.0302. The Morgan fingerprint density at radius 3 is 2.48 bits per heavy atom. The summed E-state index contributed by atoms with van der Waals surface area (Å²) in [6.45, 7) is 0.511. The zero-order valence-corrected chi connectivity index (χ0v) is 12.0. The van der Waals surface area contributed by atoms with Gasteiger partial charge in [0.2, 0.25) is 5.91 Å². The lowest BCUT2D eigenvalue weighted by Crippen LogP contribution is -2.24. The number of aliphatic hydroxyl groups is 1. The van der Waals surface area contributed by atoms with E-state index < -0.39 is 0 Å². The lowest BCUT2D eigenvalue weighted by Gasteiger charge is -2.07. The van der Waals surface area contributed by atoms with Crippen LogP contribution in [0.15, 0.2) is 48.5 Å². The van der Waals surface area contributed by atoms with E-state index in [4.69, 9.17) is 9.84 Å². The molecule has 0 saturated heterocycles. The second-order valence-electron chi connectivity index (χ2n) is 4.78. The van der Waals surface area contributed by atoms with E-state index in [9.17, 15) is 4.79 Å². The van der Waals surface area contributed by atoms with Gasteiger partial charge in [0.1, 0.15) is 5.75 Å². The minimum Gasteiger partial charge on any atom is -0.497 e. The number of carbonyl (C=O) groups is 1. The third-order valence-electron chi connectivity index (χ3n) is 3.19. The van der Waals surface area contributed by atoms with Crippen molar-refractivity contribution in [1.82, 2.24) is 5.32 Å². The van der Waals surface area contributed by atoms with Crippen molar-refractivity contribution in [2.24, 2.45) is 0 Å². The lowest BCUT2D eigenvalue weighted by atomic mass is 10.1. The first kappa shape index (κ1) is 15.1. The normalized spacial score (nSPS) is 10.2. The number of carbonyl (C=O) groups excluding carboxylic acids is 1. The summed E-state index contributed by atoms with van der Waals surface area (Å²) in [5, 5.41) is 11.9. The van der Waals surface area contributed by atoms with E-state index in [-0.39, 0.29) is 12.5 Å². The third-order valence-corrected chi connectivity index (χ3v) is 3.19. The van der Waals surface area contributed by atoms with Crippen molar-refractivity contribution >= 4 is 5.91 Å². The van der Waals surface area contributed by atoms with Crippen LogP contribution in [-0.4, -0.2) is 18.1 Å². The maximum Gasteiger partial charge on any atom is 0.224 e. The number of rotatable bonds is 6. The highest BCUT2D eigenvalue weighted by atomic mass is 16.5. The molecule has 21 heavy (non-hydrogen) atoms. The van der Waals surface area contributed by atoms with Gasteiger partial charge < -0.3 is 15.2 Å². The molecule has 0 radical (unpaired) electrons. The quantitative estimate of drug-likeness (QED) is 0.854. The molecule has 2 rings (SSSR count). The van der Waals surface area contributed by atoms with Crippen LogP contribution in [0.2, 0.25) is 0 Å². The predicted molar refractivity (Wildman–Crippen MR) is 80.9 cm³/mol. The average molecular weight is 285 g/mol. The van der Waals surface area contributed by atoms with Gasteiger partial charge in [0.25, 0.3) is 0 Å². The van der Waals surface area contributed by atoms with Gasteiger partial charge in [-0.15, -0.1) is 0 Å². The summed E-state index contributed by atoms with van der Waals surface area (Å²) in [6, 6.07) is 15.0. The van der Waals surface area contributed by atoms with E-state index in [1.165, 1.54) is 0 Å². The van der Waals surface area contributed by atoms with E-state index in [1.54, 1.807) is 7.11 Å². The van der Waals surface area contributed by atoms with E-state index in [2.05, 4.69) is 5.32 Å². The number of ether oxygens (including phenoxy) is 1. The topological polar surface area (TPSA) is 58.6 Å². The van der Waals surface area contributed by atoms with Gasteiger partial charge in [-0.25, -0.2) is 0 Å². The van der Waals surface area contributed by atoms with Crippen molar-refractivity contribution in [1.29, 1.82) is 0 Å². The summed E-state index contributed by atoms with van der Waals surface area (Å²) in [6.07, 6.45) is 0.325. The summed E-state index contributed by atoms with van der Waals surface area (Å²) in [7, 11) is 1.61. The molecule has 110 valence electrons. The second kappa shape index (κ2) is 7.45. The molecule has 2 aromatic carbocycles. The molecule has 0 aliphatic rings. The molecule has 4 heteroatoms. The van der Waals surface area contributed by atoms with Crippen molar-refractivity contribution in [3.63, 3.8) is 0 Å². The molecule has 2 N–H and O–H groups in total. The molecule has 0 fully saturated rings. The van der Waals surface area contributed by atoms with Crippen LogP contribution in [0.1, 0.15) is 16.7 Å². The van der Waals surface area contributed by atoms with E-state index in [1.807, 2.05) is 48.5 Å². The zero-order valence-electron chi connectivity index (χ0n) is 12.0. The van der Waals surface area contributed by atoms with Crippen molar-refractivity contribution in [2.75, 3.05) is 7.11 Å². The molecule has 4 nitrogen and oxygen atoms in total. The summed E-state index contributed by atoms with van der Waals surface area (Å²) < 4.78 is 5.14. The van der Waals surface area contributed by atoms with Crippen molar-refractivity contribution in [3.8, 4) is 5.75 Å². The summed E-state index contributed by atoms with van der Waals surface area (Å²) >= 11 is 0. The molecule has 0 aliphatic heterocycles. The molecule has 0 atom stereocenters. The number of methoxy groups -OCH3 is 1. The van der Waals surface area contributed by atoms with Crippen LogP contribution in [0.5, 0.6) is 5.75 Å². The molecule has 0 aromatic heterocycles. The van der Waals surface area contributed by atoms with E-state index in [0.717, 1.165) is 22.4 Å². The molecule has 0 bridgehead atoms. The maximum atomic E-state index is 11.9. The number of aliphatic hydroxyl groups excluding tert-OH is 1. The number of hydrogen-bond acceptors (Lipinski definition) is 3. The van der Waals surface area contributed by atoms with E-state index >= 15 is 0 Å². The Bertz CT molecular complexity index is 593. The van der Waals surface area contributed by atoms with Crippen LogP contribution in [0.4, 0.5) is 0 Å². The first-order valence-corrected chi connectivity index (χ1v) is 6.79. The fraction of sp³-hybridized carbons (Fsp3) is 0.235. The summed E-state index contributed by atoms with van der Waals surface area (Å²) in [5.41, 5.74) is 2.79. The monoisotopic (exact) mass is 285 g/mol. The number of amides is 1. The van der Waals surface area contributed by atoms with Crippen molar-refractivity contribution in [2.45, 2.75) is 19.6 Å². The predicted octanol–water partition coefficient (Wildman–Crippen LogP) is 2.05. The highest BCUT2D eigenvalue weighted by Crippen LogP contribution is 2.13. The Morgan fingerprint density at radius 2 is 1.81 bits per heavy atom. The Labute approximate surface area is 124 Å². The van der Waals surface area contributed by atoms with Crippen molar-refractivity contribution < 1.29 is 14.6 Å². The molecule has 1 amide bonds. The molecule has 0 aliphatic carbocycles. The minimum atomic E-state index is -0.0329. The van der Waals surface area contributed by atoms with E-state index in [0.29, 0.717) is 13.0 Å². The summed E-state index contributed by atoms with van der Waals surface area (Å²) in [4.78, 5) is 11.9. The van der Waals surface area contributed by atoms with Gasteiger partial charge in [0, 0.05) is 6.54 Å². The van der Waals surface area contributed by atoms with Gasteiger partial charge in [-0.3, -0.25) is 4.79 Å². The Morgan fingerprint density at radius 1 is 1.10 bits per heavy atom. The largest absolute Gasteiger partial charge is 0.497 e. The maximum absolute atomic E-state index is 11.9. The molecule has 0 saturated carbocycles. The van der Waals surface area contributed by atoms with Gasteiger partial charge in [0.05, 0.1) is 20.1 Å². The molecular weight excluding hydrogens is 266 g/mol. The molecular formula is C17H19NO3. The lowest BCUT2D eigenvalue weighted by molar-refractivity contribution is -0.120. The standard InChI is InChI=1S/C17H19NO3/c1-21-16-4-2-3-15(9-16)10-17(20)18-11-13-5-7-14(12-19)8-6-13/h2-9,19H,10-12H2,1H3,(H,18,20). The molecule has 0 heterocycles. The van der Waals surface area contributed by atoms with Crippen LogP contribution in [0, 0.1) is 0 Å². The van der Waals surface area contributed by atoms with Gasteiger partial charge in [-0.05, 0) is 28.8 Å². The number of hydrogen-bond donors (Lipinski definition) is 2. The van der Waals surface area contributed by atoms with Gasteiger partial charge in [-0.2, -0.15) is 0 Å². The molecule has 0 spiro atoms. The second-order valence-corrected chi connectivity index (χ2v) is 4.78. The number of nitrogens with one attached hydrogen (secondary N) is 1. The van der Waals surface area contributed by atoms with Crippen LogP contribution in [0.25, 0.3) is 0 Å². The number of benzene rings is 2. The first-order chi connectivity index (χ1) is 10.2. The van der Waals surface area contributed by atoms with Crippen molar-refractivity contribution in [3.05, 3.63) is 65.2 Å². The SMILES string of the molecule is COc1cccc(CC(=O)NCc2ccc(CO)cc2)c1. The van der Waals surface area contributed by atoms with Crippen LogP contribution in [0.3, 0.4) is 0 Å². The smallest absolute Gasteiger partial charge is 0.224 e. The van der Waals surface area contributed by atoms with Gasteiger partial charge in [-0.1, -0.05) is 36.4 Å². The van der Waals surface area contributed by atoms with Crippen LogP contribution in [-0.2, 0) is 24.4 Å².